The molecule has 3 heteroatoms. The maximum Gasteiger partial charge on any atom is 0.131 e. The van der Waals surface area contributed by atoms with Crippen molar-refractivity contribution in [2.45, 2.75) is 26.4 Å². The normalized spacial score (nSPS) is 12.8. The highest BCUT2D eigenvalue weighted by Gasteiger charge is 2.17. The summed E-state index contributed by atoms with van der Waals surface area (Å²) in [5, 5.41) is 0. The van der Waals surface area contributed by atoms with Gasteiger partial charge in [-0.05, 0) is 37.1 Å². The van der Waals surface area contributed by atoms with E-state index in [2.05, 4.69) is 48.7 Å². The van der Waals surface area contributed by atoms with E-state index in [9.17, 15) is 0 Å². The van der Waals surface area contributed by atoms with Crippen molar-refractivity contribution in [2.24, 2.45) is 5.73 Å². The monoisotopic (exact) mass is 265 g/mol. The summed E-state index contributed by atoms with van der Waals surface area (Å²) in [6.07, 6.45) is 0. The van der Waals surface area contributed by atoms with Gasteiger partial charge in [0.25, 0.3) is 0 Å². The summed E-state index contributed by atoms with van der Waals surface area (Å²) in [6, 6.07) is 16.3. The van der Waals surface area contributed by atoms with Crippen LogP contribution < -0.4 is 5.73 Å². The van der Waals surface area contributed by atoms with Gasteiger partial charge in [-0.1, -0.05) is 36.4 Å². The van der Waals surface area contributed by atoms with E-state index < -0.39 is 0 Å². The van der Waals surface area contributed by atoms with E-state index in [0.29, 0.717) is 0 Å². The molecule has 0 amide bonds. The Labute approximate surface area is 119 Å². The lowest BCUT2D eigenvalue weighted by atomic mass is 10.1. The topological polar surface area (TPSA) is 43.8 Å². The van der Waals surface area contributed by atoms with Crippen LogP contribution in [0.3, 0.4) is 0 Å². The molecule has 102 valence electrons. The van der Waals surface area contributed by atoms with Crippen LogP contribution in [0.25, 0.3) is 11.0 Å². The van der Waals surface area contributed by atoms with Crippen molar-refractivity contribution in [1.82, 2.24) is 9.55 Å². The minimum Gasteiger partial charge on any atom is -0.327 e. The fourth-order valence-electron chi connectivity index (χ4n) is 2.64. The minimum atomic E-state index is -0.191. The first-order valence-electron chi connectivity index (χ1n) is 6.98. The van der Waals surface area contributed by atoms with E-state index >= 15 is 0 Å². The third-order valence-corrected chi connectivity index (χ3v) is 3.69. The molecule has 2 N–H and O–H groups in total. The number of rotatable bonds is 3. The molecule has 0 aliphatic heterocycles. The highest BCUT2D eigenvalue weighted by atomic mass is 15.1. The molecule has 0 aliphatic carbocycles. The number of benzene rings is 2. The Bertz CT molecular complexity index is 729. The molecule has 0 spiro atoms. The van der Waals surface area contributed by atoms with E-state index in [-0.39, 0.29) is 6.04 Å². The van der Waals surface area contributed by atoms with Crippen LogP contribution in [0.5, 0.6) is 0 Å². The average Bonchev–Trinajstić information content (AvgIpc) is 2.84. The van der Waals surface area contributed by atoms with E-state index in [4.69, 9.17) is 10.7 Å². The zero-order valence-corrected chi connectivity index (χ0v) is 11.9. The molecule has 0 bridgehead atoms. The Kier molecular flexibility index (Phi) is 3.28. The molecule has 1 aromatic heterocycles. The molecule has 0 aliphatic rings. The number of hydrogen-bond acceptors (Lipinski definition) is 2. The number of imidazole rings is 1. The molecule has 0 saturated heterocycles. The summed E-state index contributed by atoms with van der Waals surface area (Å²) in [5.41, 5.74) is 10.9. The minimum absolute atomic E-state index is 0.191. The summed E-state index contributed by atoms with van der Waals surface area (Å²) in [6.45, 7) is 5.08. The second kappa shape index (κ2) is 5.10. The van der Waals surface area contributed by atoms with Gasteiger partial charge in [-0.15, -0.1) is 0 Å². The summed E-state index contributed by atoms with van der Waals surface area (Å²) >= 11 is 0. The quantitative estimate of drug-likeness (QED) is 0.788. The first-order chi connectivity index (χ1) is 9.70. The van der Waals surface area contributed by atoms with Crippen LogP contribution in [-0.4, -0.2) is 9.55 Å². The van der Waals surface area contributed by atoms with Gasteiger partial charge in [0.15, 0.2) is 0 Å². The van der Waals surface area contributed by atoms with Crippen LogP contribution in [0.1, 0.15) is 29.9 Å². The Morgan fingerprint density at radius 1 is 1.15 bits per heavy atom. The Morgan fingerprint density at radius 2 is 1.90 bits per heavy atom. The van der Waals surface area contributed by atoms with Crippen molar-refractivity contribution < 1.29 is 0 Å². The fraction of sp³-hybridized carbons (Fsp3) is 0.235. The number of nitrogens with zero attached hydrogens (tertiary/aromatic N) is 2. The van der Waals surface area contributed by atoms with Gasteiger partial charge in [0.1, 0.15) is 5.82 Å². The molecule has 0 saturated carbocycles. The van der Waals surface area contributed by atoms with Crippen molar-refractivity contribution in [3.8, 4) is 0 Å². The van der Waals surface area contributed by atoms with Gasteiger partial charge < -0.3 is 10.3 Å². The second-order valence-corrected chi connectivity index (χ2v) is 5.09. The largest absolute Gasteiger partial charge is 0.327 e. The zero-order valence-electron chi connectivity index (χ0n) is 11.9. The number of hydrogen-bond donors (Lipinski definition) is 1. The van der Waals surface area contributed by atoms with Crippen LogP contribution in [0.15, 0.2) is 48.5 Å². The number of nitrogens with two attached hydrogens (primary N) is 1. The van der Waals surface area contributed by atoms with E-state index in [0.717, 1.165) is 29.0 Å². The van der Waals surface area contributed by atoms with Crippen LogP contribution in [0.2, 0.25) is 0 Å². The third kappa shape index (κ3) is 2.10. The van der Waals surface area contributed by atoms with Gasteiger partial charge >= 0.3 is 0 Å². The van der Waals surface area contributed by atoms with Crippen molar-refractivity contribution in [3.05, 3.63) is 65.5 Å². The van der Waals surface area contributed by atoms with Gasteiger partial charge in [-0.25, -0.2) is 4.98 Å². The maximum absolute atomic E-state index is 6.41. The van der Waals surface area contributed by atoms with Gasteiger partial charge in [-0.2, -0.15) is 0 Å². The van der Waals surface area contributed by atoms with Crippen molar-refractivity contribution in [1.29, 1.82) is 0 Å². The molecule has 0 radical (unpaired) electrons. The lowest BCUT2D eigenvalue weighted by Gasteiger charge is -2.13. The van der Waals surface area contributed by atoms with Crippen molar-refractivity contribution in [3.63, 3.8) is 0 Å². The summed E-state index contributed by atoms with van der Waals surface area (Å²) < 4.78 is 2.20. The van der Waals surface area contributed by atoms with Crippen LogP contribution >= 0.6 is 0 Å². The van der Waals surface area contributed by atoms with E-state index in [1.165, 1.54) is 5.56 Å². The van der Waals surface area contributed by atoms with Gasteiger partial charge in [0.2, 0.25) is 0 Å². The molecule has 20 heavy (non-hydrogen) atoms. The number of aryl methyl sites for hydroxylation is 2. The predicted molar refractivity (Wildman–Crippen MR) is 82.6 cm³/mol. The lowest BCUT2D eigenvalue weighted by Crippen LogP contribution is -2.17. The lowest BCUT2D eigenvalue weighted by molar-refractivity contribution is 0.671. The molecule has 3 aromatic rings. The predicted octanol–water partition coefficient (Wildman–Crippen LogP) is 3.41. The molecule has 2 aromatic carbocycles. The van der Waals surface area contributed by atoms with E-state index in [1.807, 2.05) is 18.2 Å². The molecular formula is C17H19N3. The van der Waals surface area contributed by atoms with Crippen LogP contribution in [-0.2, 0) is 6.54 Å². The summed E-state index contributed by atoms with van der Waals surface area (Å²) in [5.74, 6) is 0.930. The fourth-order valence-corrected chi connectivity index (χ4v) is 2.64. The molecule has 1 heterocycles. The maximum atomic E-state index is 6.41. The zero-order chi connectivity index (χ0) is 14.1. The van der Waals surface area contributed by atoms with Crippen molar-refractivity contribution in [2.75, 3.05) is 0 Å². The Hall–Kier alpha value is -2.13. The van der Waals surface area contributed by atoms with Gasteiger partial charge in [-0.3, -0.25) is 0 Å². The SMILES string of the molecule is CCn1c(C(N)c2ccccc2)nc2cc(C)ccc21. The average molecular weight is 265 g/mol. The van der Waals surface area contributed by atoms with Gasteiger partial charge in [0.05, 0.1) is 17.1 Å². The molecule has 0 fully saturated rings. The second-order valence-electron chi connectivity index (χ2n) is 5.09. The number of fused-ring (bicyclic) bond motifs is 1. The molecular weight excluding hydrogens is 246 g/mol. The summed E-state index contributed by atoms with van der Waals surface area (Å²) in [4.78, 5) is 4.76. The Balaban J connectivity index is 2.16. The van der Waals surface area contributed by atoms with Crippen LogP contribution in [0, 0.1) is 6.92 Å². The Morgan fingerprint density at radius 3 is 2.60 bits per heavy atom. The van der Waals surface area contributed by atoms with E-state index in [1.54, 1.807) is 0 Å². The van der Waals surface area contributed by atoms with Gasteiger partial charge in [0, 0.05) is 6.54 Å². The highest BCUT2D eigenvalue weighted by molar-refractivity contribution is 5.77. The molecule has 1 atom stereocenters. The number of aromatic nitrogens is 2. The molecule has 1 unspecified atom stereocenters. The first-order valence-corrected chi connectivity index (χ1v) is 6.98. The molecule has 3 rings (SSSR count). The van der Waals surface area contributed by atoms with Crippen LogP contribution in [0.4, 0.5) is 0 Å². The highest BCUT2D eigenvalue weighted by Crippen LogP contribution is 2.24. The first kappa shape index (κ1) is 12.9. The standard InChI is InChI=1S/C17H19N3/c1-3-20-15-10-9-12(2)11-14(15)19-17(20)16(18)13-7-5-4-6-8-13/h4-11,16H,3,18H2,1-2H3. The smallest absolute Gasteiger partial charge is 0.131 e. The molecule has 3 nitrogen and oxygen atoms in total. The third-order valence-electron chi connectivity index (χ3n) is 3.69. The van der Waals surface area contributed by atoms with Crippen molar-refractivity contribution >= 4 is 11.0 Å². The summed E-state index contributed by atoms with van der Waals surface area (Å²) in [7, 11) is 0.